The third-order valence-electron chi connectivity index (χ3n) is 36.8. The van der Waals surface area contributed by atoms with Crippen LogP contribution in [0.25, 0.3) is 0 Å². The van der Waals surface area contributed by atoms with Crippen LogP contribution in [-0.2, 0) is 0 Å². The summed E-state index contributed by atoms with van der Waals surface area (Å²) >= 11 is 0. The van der Waals surface area contributed by atoms with E-state index in [1.165, 1.54) is 141 Å². The fourth-order valence-corrected chi connectivity index (χ4v) is 45.0. The van der Waals surface area contributed by atoms with Gasteiger partial charge in [0.1, 0.15) is 0 Å². The van der Waals surface area contributed by atoms with Gasteiger partial charge >= 0.3 is 0 Å². The number of hydrogen-bond donors (Lipinski definition) is 0. The lowest BCUT2D eigenvalue weighted by molar-refractivity contribution is -0.141. The summed E-state index contributed by atoms with van der Waals surface area (Å²) in [5, 5.41) is 0. The van der Waals surface area contributed by atoms with Gasteiger partial charge in [-0.25, -0.2) is 0 Å². The minimum Gasteiger partial charge on any atom is -0.0691 e. The fourth-order valence-electron chi connectivity index (χ4n) is 32.4. The van der Waals surface area contributed by atoms with Gasteiger partial charge in [0.05, 0.1) is 24.2 Å². The molecule has 107 heavy (non-hydrogen) atoms. The SMILES string of the molecule is CC(C)(C)C1C2CC1C2.CC(C)(C)C1C2CC3CC(C2)CC1C3.CC(C)(C)C1C2CCC1C2.CC(C)(C)C1C2CCC1CC2.CC(C)(C)C1CC2CC1C2.CC(C)(C)C1CC2CCC1C2.CC(C)(C)C1CC2CCC1CC2.CC(C)(C)C1CCC[Si]1(C)C.CC(C)C1CCC[Si]1(C)C.CCC1CCC[Si]1(C)C. The zero-order valence-corrected chi connectivity index (χ0v) is 82.5. The van der Waals surface area contributed by atoms with E-state index in [1.807, 2.05) is 0 Å². The van der Waals surface area contributed by atoms with Gasteiger partial charge in [-0.15, -0.1) is 0 Å². The Labute approximate surface area is 677 Å². The van der Waals surface area contributed by atoms with Crippen LogP contribution < -0.4 is 0 Å². The van der Waals surface area contributed by atoms with Crippen LogP contribution in [0, 0.1) is 185 Å². The molecule has 20 aliphatic carbocycles. The Kier molecular flexibility index (Phi) is 30.2. The molecule has 20 saturated carbocycles. The highest BCUT2D eigenvalue weighted by atomic mass is 28.3. The summed E-state index contributed by atoms with van der Waals surface area (Å²) in [5.74, 6) is 26.2. The molecule has 23 rings (SSSR count). The van der Waals surface area contributed by atoms with Crippen molar-refractivity contribution in [2.24, 2.45) is 185 Å². The summed E-state index contributed by atoms with van der Waals surface area (Å²) in [6.07, 6.45) is 50.8. The molecular weight excluding hydrogens is 1330 g/mol. The van der Waals surface area contributed by atoms with E-state index in [-0.39, 0.29) is 0 Å². The minimum absolute atomic E-state index is 0.572. The van der Waals surface area contributed by atoms with Crippen LogP contribution in [0.1, 0.15) is 399 Å². The van der Waals surface area contributed by atoms with E-state index in [9.17, 15) is 0 Å². The molecule has 3 aliphatic heterocycles. The van der Waals surface area contributed by atoms with Crippen LogP contribution >= 0.6 is 0 Å². The largest absolute Gasteiger partial charge is 0.0691 e. The Morgan fingerprint density at radius 3 is 0.766 bits per heavy atom. The molecule has 626 valence electrons. The smallest absolute Gasteiger partial charge is 0.0510 e. The van der Waals surface area contributed by atoms with Crippen molar-refractivity contribution in [2.45, 2.75) is 473 Å². The van der Waals surface area contributed by atoms with Gasteiger partial charge < -0.3 is 0 Å². The average Bonchev–Trinajstić information content (AvgIpc) is 1.72. The summed E-state index contributed by atoms with van der Waals surface area (Å²) in [4.78, 5) is 0. The molecule has 0 spiro atoms. The van der Waals surface area contributed by atoms with Gasteiger partial charge in [-0.3, -0.25) is 0 Å². The van der Waals surface area contributed by atoms with E-state index in [2.05, 4.69) is 226 Å². The molecule has 0 aromatic rings. The zero-order chi connectivity index (χ0) is 79.5. The topological polar surface area (TPSA) is 0 Å². The van der Waals surface area contributed by atoms with Crippen LogP contribution in [0.5, 0.6) is 0 Å². The van der Waals surface area contributed by atoms with Crippen LogP contribution in [-0.4, -0.2) is 24.2 Å². The Morgan fingerprint density at radius 1 is 0.243 bits per heavy atom. The molecule has 23 fully saturated rings. The highest BCUT2D eigenvalue weighted by Crippen LogP contribution is 2.66. The molecule has 0 radical (unpaired) electrons. The monoisotopic (exact) mass is 1530 g/mol. The van der Waals surface area contributed by atoms with Gasteiger partial charge in [0.15, 0.2) is 0 Å². The molecule has 10 atom stereocenters. The Balaban J connectivity index is 0.000000138. The molecular formula is C104H198Si3. The van der Waals surface area contributed by atoms with Gasteiger partial charge in [-0.2, -0.15) is 0 Å². The first-order chi connectivity index (χ1) is 49.1. The van der Waals surface area contributed by atoms with E-state index in [4.69, 9.17) is 0 Å². The van der Waals surface area contributed by atoms with Crippen LogP contribution in [0.4, 0.5) is 0 Å². The van der Waals surface area contributed by atoms with E-state index in [0.29, 0.717) is 43.3 Å². The number of rotatable bonds is 2. The molecule has 3 heteroatoms. The molecule has 3 heterocycles. The van der Waals surface area contributed by atoms with Crippen molar-refractivity contribution in [3.63, 3.8) is 0 Å². The van der Waals surface area contributed by atoms with Crippen molar-refractivity contribution in [3.8, 4) is 0 Å². The summed E-state index contributed by atoms with van der Waals surface area (Å²) in [7, 11) is -2.21. The normalized spacial score (nSPS) is 41.7. The fraction of sp³-hybridized carbons (Fsp3) is 1.00. The molecule has 0 aromatic carbocycles. The van der Waals surface area contributed by atoms with E-state index >= 15 is 0 Å². The van der Waals surface area contributed by atoms with E-state index < -0.39 is 24.2 Å². The molecule has 23 aliphatic rings. The van der Waals surface area contributed by atoms with Gasteiger partial charge in [0, 0.05) is 0 Å². The van der Waals surface area contributed by atoms with E-state index in [1.54, 1.807) is 88.8 Å². The molecule has 10 unspecified atom stereocenters. The van der Waals surface area contributed by atoms with Crippen molar-refractivity contribution in [1.82, 2.24) is 0 Å². The number of hydrogen-bond acceptors (Lipinski definition) is 0. The van der Waals surface area contributed by atoms with Crippen molar-refractivity contribution in [2.75, 3.05) is 0 Å². The first kappa shape index (κ1) is 91.5. The van der Waals surface area contributed by atoms with Crippen molar-refractivity contribution >= 4 is 24.2 Å². The number of fused-ring (bicyclic) bond motifs is 9. The molecule has 3 saturated heterocycles. The molecule has 0 N–H and O–H groups in total. The van der Waals surface area contributed by atoms with Gasteiger partial charge in [0.25, 0.3) is 0 Å². The third-order valence-corrected chi connectivity index (χ3v) is 50.6. The van der Waals surface area contributed by atoms with Gasteiger partial charge in [0.2, 0.25) is 0 Å². The summed E-state index contributed by atoms with van der Waals surface area (Å²) in [5.41, 5.74) is 8.03. The Morgan fingerprint density at radius 2 is 0.551 bits per heavy atom. The average molecular weight is 1530 g/mol. The summed E-state index contributed by atoms with van der Waals surface area (Å²) < 4.78 is 0. The predicted octanol–water partition coefficient (Wildman–Crippen LogP) is 34.4. The van der Waals surface area contributed by atoms with Crippen LogP contribution in [0.15, 0.2) is 0 Å². The molecule has 0 nitrogen and oxygen atoms in total. The lowest BCUT2D eigenvalue weighted by atomic mass is 9.42. The predicted molar refractivity (Wildman–Crippen MR) is 487 cm³/mol. The third kappa shape index (κ3) is 23.4. The van der Waals surface area contributed by atoms with Crippen molar-refractivity contribution in [3.05, 3.63) is 0 Å². The van der Waals surface area contributed by atoms with Gasteiger partial charge in [-0.1, -0.05) is 309 Å². The first-order valence-corrected chi connectivity index (χ1v) is 58.9. The minimum atomic E-state index is -0.805. The van der Waals surface area contributed by atoms with E-state index in [0.717, 1.165) is 159 Å². The maximum absolute atomic E-state index is 2.57. The quantitative estimate of drug-likeness (QED) is 0.242. The maximum Gasteiger partial charge on any atom is 0.0510 e. The highest BCUT2D eigenvalue weighted by Gasteiger charge is 2.58. The zero-order valence-electron chi connectivity index (χ0n) is 79.5. The summed E-state index contributed by atoms with van der Waals surface area (Å²) in [6.45, 7) is 80.5. The second kappa shape index (κ2) is 35.3. The Hall–Kier alpha value is 0.651. The van der Waals surface area contributed by atoms with Crippen LogP contribution in [0.3, 0.4) is 0 Å². The van der Waals surface area contributed by atoms with Crippen LogP contribution in [0.2, 0.25) is 74.0 Å². The molecule has 0 amide bonds. The molecule has 0 aromatic heterocycles. The lowest BCUT2D eigenvalue weighted by Crippen LogP contribution is -2.55. The van der Waals surface area contributed by atoms with Crippen molar-refractivity contribution in [1.29, 1.82) is 0 Å². The molecule has 16 bridgehead atoms. The second-order valence-electron chi connectivity index (χ2n) is 54.5. The van der Waals surface area contributed by atoms with Crippen molar-refractivity contribution < 1.29 is 0 Å². The maximum atomic E-state index is 2.57. The Bertz CT molecular complexity index is 2550. The highest BCUT2D eigenvalue weighted by molar-refractivity contribution is 6.80. The van der Waals surface area contributed by atoms with Gasteiger partial charge in [-0.05, 0) is 350 Å². The lowest BCUT2D eigenvalue weighted by Gasteiger charge is -2.63. The first-order valence-electron chi connectivity index (χ1n) is 49.1. The standard InChI is InChI=1S/C14H24.C12H22.2C11H20.C10H22Si.2C10H18.C9H20Si.C9H16.C8H18Si/c1-14(2,3)13-11-5-9-4-10(7-11)8-12(13)6-9;1-12(2,3)11-8-9-4-6-10(11)7-5-9;1-11(2,3)10-7-8-4-5-9(10)6-8;1-11(2,3)10-8-4-5-9(10)7-6-8;1-10(2,3)9-7-6-8-11(9,4)5;1-10(2,3)9-6-7-4-8(9)5-7;1-10(2,3)9-7-4-5-8(9)6-7;1-8(2)9-6-5-7-10(9,3)4;1-9(2,3)8-6-4-7(8)5-6;1-4-8-6-5-7-9(8,2)3/h9-13H,4-8H2,1-3H3;9-11H,4-8H2,1-3H3;2*8-10H,4-7H2,1-3H3;9H,6-8H2,1-5H3;2*7-9H,4-6H2,1-3H3;8-9H,5-7H2,1-4H3;6-8H,4-5H2,1-3H3;8H,4-7H2,1-3H3. The summed E-state index contributed by atoms with van der Waals surface area (Å²) in [6, 6.07) is 4.73. The second-order valence-corrected chi connectivity index (χ2v) is 70.1.